The lowest BCUT2D eigenvalue weighted by molar-refractivity contribution is -0.138. The highest BCUT2D eigenvalue weighted by Gasteiger charge is 2.35. The molecule has 0 radical (unpaired) electrons. The molecule has 0 saturated carbocycles. The van der Waals surface area contributed by atoms with E-state index in [9.17, 15) is 13.2 Å². The zero-order valence-corrected chi connectivity index (χ0v) is 12.3. The van der Waals surface area contributed by atoms with Crippen LogP contribution in [-0.2, 0) is 20.0 Å². The van der Waals surface area contributed by atoms with Gasteiger partial charge in [-0.05, 0) is 17.7 Å². The highest BCUT2D eigenvalue weighted by atomic mass is 32.2. The summed E-state index contributed by atoms with van der Waals surface area (Å²) in [5.74, 6) is -0.168. The van der Waals surface area contributed by atoms with Gasteiger partial charge in [-0.1, -0.05) is 26.0 Å². The summed E-state index contributed by atoms with van der Waals surface area (Å²) in [6.45, 7) is 3.71. The summed E-state index contributed by atoms with van der Waals surface area (Å²) in [6.07, 6.45) is -0.272. The van der Waals surface area contributed by atoms with Gasteiger partial charge in [0.05, 0.1) is 17.9 Å². The number of carbonyl (C=O) groups is 1. The lowest BCUT2D eigenvalue weighted by Gasteiger charge is -2.28. The number of aliphatic carboxylic acids is 1. The van der Waals surface area contributed by atoms with Crippen molar-refractivity contribution in [2.45, 2.75) is 31.8 Å². The third-order valence-electron chi connectivity index (χ3n) is 3.39. The summed E-state index contributed by atoms with van der Waals surface area (Å²) in [7, 11) is -2.91. The van der Waals surface area contributed by atoms with Gasteiger partial charge in [-0.25, -0.2) is 8.42 Å². The van der Waals surface area contributed by atoms with Gasteiger partial charge >= 0.3 is 5.97 Å². The fourth-order valence-electron chi connectivity index (χ4n) is 2.25. The Morgan fingerprint density at radius 3 is 2.60 bits per heavy atom. The van der Waals surface area contributed by atoms with Crippen molar-refractivity contribution in [2.75, 3.05) is 11.5 Å². The number of rotatable bonds is 5. The van der Waals surface area contributed by atoms with E-state index in [2.05, 4.69) is 0 Å². The van der Waals surface area contributed by atoms with Crippen molar-refractivity contribution < 1.29 is 23.1 Å². The molecule has 6 heteroatoms. The van der Waals surface area contributed by atoms with Gasteiger partial charge in [0.2, 0.25) is 0 Å². The minimum absolute atomic E-state index is 0.0221. The van der Waals surface area contributed by atoms with Crippen molar-refractivity contribution in [3.05, 3.63) is 29.8 Å². The lowest BCUT2D eigenvalue weighted by Crippen LogP contribution is -2.45. The van der Waals surface area contributed by atoms with E-state index in [0.717, 1.165) is 5.56 Å². The predicted molar refractivity (Wildman–Crippen MR) is 74.8 cm³/mol. The lowest BCUT2D eigenvalue weighted by atomic mass is 9.81. The Kier molecular flexibility index (Phi) is 3.77. The van der Waals surface area contributed by atoms with Crippen molar-refractivity contribution in [1.29, 1.82) is 0 Å². The Bertz CT molecular complexity index is 606. The third kappa shape index (κ3) is 3.50. The molecular formula is C14H18O5S. The van der Waals surface area contributed by atoms with Crippen molar-refractivity contribution >= 4 is 15.8 Å². The van der Waals surface area contributed by atoms with Crippen LogP contribution in [0.5, 0.6) is 5.75 Å². The summed E-state index contributed by atoms with van der Waals surface area (Å²) >= 11 is 0. The van der Waals surface area contributed by atoms with Crippen LogP contribution < -0.4 is 4.74 Å². The topological polar surface area (TPSA) is 80.7 Å². The number of benzene rings is 1. The summed E-state index contributed by atoms with van der Waals surface area (Å²) in [6, 6.07) is 7.19. The molecule has 5 nitrogen and oxygen atoms in total. The Labute approximate surface area is 118 Å². The molecule has 1 fully saturated rings. The molecule has 0 unspecified atom stereocenters. The average Bonchev–Trinajstić information content (AvgIpc) is 2.25. The number of sulfone groups is 1. The first-order chi connectivity index (χ1) is 9.18. The smallest absolute Gasteiger partial charge is 0.304 e. The van der Waals surface area contributed by atoms with Gasteiger partial charge in [0.25, 0.3) is 0 Å². The van der Waals surface area contributed by atoms with Crippen molar-refractivity contribution in [2.24, 2.45) is 0 Å². The van der Waals surface area contributed by atoms with Crippen molar-refractivity contribution in [3.8, 4) is 5.75 Å². The molecule has 1 N–H and O–H groups in total. The molecule has 0 amide bonds. The molecule has 1 aliphatic heterocycles. The minimum Gasteiger partial charge on any atom is -0.488 e. The Hall–Kier alpha value is -1.56. The van der Waals surface area contributed by atoms with Crippen LogP contribution in [0.1, 0.15) is 25.8 Å². The molecule has 1 heterocycles. The third-order valence-corrected chi connectivity index (χ3v) is 5.15. The van der Waals surface area contributed by atoms with Crippen LogP contribution in [0.15, 0.2) is 24.3 Å². The van der Waals surface area contributed by atoms with E-state index < -0.39 is 21.2 Å². The molecule has 0 aromatic heterocycles. The van der Waals surface area contributed by atoms with Crippen LogP contribution in [0.3, 0.4) is 0 Å². The predicted octanol–water partition coefficient (Wildman–Crippen LogP) is 1.61. The number of ether oxygens (including phenoxy) is 1. The van der Waals surface area contributed by atoms with Gasteiger partial charge in [-0.15, -0.1) is 0 Å². The zero-order valence-electron chi connectivity index (χ0n) is 11.5. The molecule has 0 spiro atoms. The van der Waals surface area contributed by atoms with Gasteiger partial charge in [-0.2, -0.15) is 0 Å². The maximum atomic E-state index is 11.1. The van der Waals surface area contributed by atoms with Crippen LogP contribution in [0.2, 0.25) is 0 Å². The van der Waals surface area contributed by atoms with Gasteiger partial charge in [-0.3, -0.25) is 4.79 Å². The quantitative estimate of drug-likeness (QED) is 0.893. The summed E-state index contributed by atoms with van der Waals surface area (Å²) in [5.41, 5.74) is 0.358. The van der Waals surface area contributed by atoms with E-state index >= 15 is 0 Å². The van der Waals surface area contributed by atoms with E-state index in [4.69, 9.17) is 9.84 Å². The van der Waals surface area contributed by atoms with Crippen LogP contribution in [-0.4, -0.2) is 37.1 Å². The van der Waals surface area contributed by atoms with E-state index in [1.54, 1.807) is 18.2 Å². The number of hydrogen-bond donors (Lipinski definition) is 1. The van der Waals surface area contributed by atoms with Crippen LogP contribution in [0.4, 0.5) is 0 Å². The monoisotopic (exact) mass is 298 g/mol. The van der Waals surface area contributed by atoms with Crippen molar-refractivity contribution in [1.82, 2.24) is 0 Å². The molecule has 1 aliphatic rings. The van der Waals surface area contributed by atoms with Crippen LogP contribution in [0.25, 0.3) is 0 Å². The van der Waals surface area contributed by atoms with Gasteiger partial charge in [0.15, 0.2) is 9.84 Å². The largest absolute Gasteiger partial charge is 0.488 e. The first kappa shape index (κ1) is 14.8. The number of hydrogen-bond acceptors (Lipinski definition) is 4. The first-order valence-electron chi connectivity index (χ1n) is 6.37. The Morgan fingerprint density at radius 2 is 2.05 bits per heavy atom. The highest BCUT2D eigenvalue weighted by Crippen LogP contribution is 2.30. The zero-order chi connectivity index (χ0) is 15.0. The average molecular weight is 298 g/mol. The molecule has 0 aliphatic carbocycles. The second-order valence-corrected chi connectivity index (χ2v) is 7.95. The molecule has 1 aromatic rings. The first-order valence-corrected chi connectivity index (χ1v) is 8.19. The summed E-state index contributed by atoms with van der Waals surface area (Å²) in [5, 5.41) is 8.93. The second kappa shape index (κ2) is 5.09. The fraction of sp³-hybridized carbons (Fsp3) is 0.500. The highest BCUT2D eigenvalue weighted by molar-refractivity contribution is 7.92. The molecule has 1 saturated heterocycles. The number of carboxylic acid groups (broad SMARTS) is 1. The molecule has 110 valence electrons. The van der Waals surface area contributed by atoms with E-state index in [1.807, 2.05) is 19.9 Å². The molecule has 20 heavy (non-hydrogen) atoms. The second-order valence-electron chi connectivity index (χ2n) is 5.80. The van der Waals surface area contributed by atoms with Gasteiger partial charge in [0.1, 0.15) is 11.9 Å². The minimum atomic E-state index is -2.91. The van der Waals surface area contributed by atoms with Gasteiger partial charge in [0, 0.05) is 5.41 Å². The molecular weight excluding hydrogens is 280 g/mol. The molecule has 1 aromatic carbocycles. The fourth-order valence-corrected chi connectivity index (χ4v) is 3.42. The van der Waals surface area contributed by atoms with Crippen molar-refractivity contribution in [3.63, 3.8) is 0 Å². The molecule has 2 rings (SSSR count). The SMILES string of the molecule is CC(C)(CC(=O)O)c1cccc(OC2CS(=O)(=O)C2)c1. The normalized spacial score (nSPS) is 18.3. The maximum Gasteiger partial charge on any atom is 0.304 e. The number of carboxylic acids is 1. The van der Waals surface area contributed by atoms with E-state index in [-0.39, 0.29) is 24.0 Å². The standard InChI is InChI=1S/C14H18O5S/c1-14(2,7-13(15)16)10-4-3-5-11(6-10)19-12-8-20(17,18)9-12/h3-6,12H,7-9H2,1-2H3,(H,15,16). The Morgan fingerprint density at radius 1 is 1.40 bits per heavy atom. The van der Waals surface area contributed by atoms with Crippen LogP contribution >= 0.6 is 0 Å². The van der Waals surface area contributed by atoms with Gasteiger partial charge < -0.3 is 9.84 Å². The maximum absolute atomic E-state index is 11.1. The van der Waals surface area contributed by atoms with Crippen LogP contribution in [0, 0.1) is 0 Å². The van der Waals surface area contributed by atoms with E-state index in [1.165, 1.54) is 0 Å². The summed E-state index contributed by atoms with van der Waals surface area (Å²) in [4.78, 5) is 10.9. The summed E-state index contributed by atoms with van der Waals surface area (Å²) < 4.78 is 27.8. The molecule has 0 bridgehead atoms. The Balaban J connectivity index is 2.10. The van der Waals surface area contributed by atoms with E-state index in [0.29, 0.717) is 5.75 Å². The molecule has 0 atom stereocenters.